The Balaban J connectivity index is 1.42. The maximum atomic E-state index is 14.6. The predicted octanol–water partition coefficient (Wildman–Crippen LogP) is 9.71. The van der Waals surface area contributed by atoms with Gasteiger partial charge in [0.25, 0.3) is 0 Å². The summed E-state index contributed by atoms with van der Waals surface area (Å²) in [4.78, 5) is 0. The molecule has 1 saturated carbocycles. The largest absolute Gasteiger partial charge is 0.429 e. The molecule has 0 heterocycles. The monoisotopic (exact) mass is 506 g/mol. The van der Waals surface area contributed by atoms with Gasteiger partial charge in [0.15, 0.2) is 0 Å². The lowest BCUT2D eigenvalue weighted by Gasteiger charge is -2.19. The summed E-state index contributed by atoms with van der Waals surface area (Å²) in [6, 6.07) is 15.0. The highest BCUT2D eigenvalue weighted by molar-refractivity contribution is 5.64. The van der Waals surface area contributed by atoms with E-state index < -0.39 is 35.0 Å². The Labute approximate surface area is 207 Å². The second-order valence-electron chi connectivity index (χ2n) is 9.48. The van der Waals surface area contributed by atoms with E-state index in [2.05, 4.69) is 23.8 Å². The topological polar surface area (TPSA) is 9.23 Å². The normalized spacial score (nSPS) is 18.4. The first kappa shape index (κ1) is 26.1. The average molecular weight is 507 g/mol. The molecule has 4 rings (SSSR count). The zero-order chi connectivity index (χ0) is 25.9. The Morgan fingerprint density at radius 3 is 2.06 bits per heavy atom. The lowest BCUT2D eigenvalue weighted by Crippen LogP contribution is -2.22. The van der Waals surface area contributed by atoms with Crippen LogP contribution in [0, 0.1) is 11.7 Å². The lowest BCUT2D eigenvalue weighted by molar-refractivity contribution is -0.185. The number of hydrogen-bond donors (Lipinski definition) is 0. The van der Waals surface area contributed by atoms with E-state index in [0.29, 0.717) is 24.1 Å². The van der Waals surface area contributed by atoms with Gasteiger partial charge in [0, 0.05) is 6.07 Å². The van der Waals surface area contributed by atoms with Crippen molar-refractivity contribution >= 4 is 0 Å². The van der Waals surface area contributed by atoms with Crippen molar-refractivity contribution in [2.75, 3.05) is 0 Å². The van der Waals surface area contributed by atoms with Crippen LogP contribution < -0.4 is 4.74 Å². The quantitative estimate of drug-likeness (QED) is 0.276. The number of ether oxygens (including phenoxy) is 1. The molecule has 1 nitrogen and oxygen atoms in total. The van der Waals surface area contributed by atoms with Gasteiger partial charge >= 0.3 is 12.3 Å². The van der Waals surface area contributed by atoms with Crippen molar-refractivity contribution < 1.29 is 31.1 Å². The first-order valence-electron chi connectivity index (χ1n) is 12.2. The van der Waals surface area contributed by atoms with Crippen LogP contribution in [0.2, 0.25) is 0 Å². The molecule has 0 bridgehead atoms. The summed E-state index contributed by atoms with van der Waals surface area (Å²) >= 11 is 0. The van der Waals surface area contributed by atoms with Gasteiger partial charge in [-0.2, -0.15) is 22.0 Å². The molecule has 0 aliphatic heterocycles. The highest BCUT2D eigenvalue weighted by atomic mass is 19.4. The first-order valence-corrected chi connectivity index (χ1v) is 12.2. The summed E-state index contributed by atoms with van der Waals surface area (Å²) in [6.07, 6.45) is -1.31. The molecular weight excluding hydrogens is 478 g/mol. The molecule has 3 aromatic rings. The van der Waals surface area contributed by atoms with E-state index in [1.54, 1.807) is 0 Å². The Morgan fingerprint density at radius 2 is 1.47 bits per heavy atom. The van der Waals surface area contributed by atoms with Gasteiger partial charge in [-0.3, -0.25) is 0 Å². The van der Waals surface area contributed by atoms with Gasteiger partial charge in [0.1, 0.15) is 11.6 Å². The Bertz CT molecular complexity index is 1150. The summed E-state index contributed by atoms with van der Waals surface area (Å²) in [5.74, 6) is -1.02. The Kier molecular flexibility index (Phi) is 7.67. The van der Waals surface area contributed by atoms with Crippen LogP contribution in [0.3, 0.4) is 0 Å². The molecule has 192 valence electrons. The van der Waals surface area contributed by atoms with Crippen molar-refractivity contribution in [2.24, 2.45) is 5.92 Å². The average Bonchev–Trinajstić information content (AvgIpc) is 3.31. The molecule has 0 aromatic heterocycles. The highest BCUT2D eigenvalue weighted by Crippen LogP contribution is 2.41. The molecule has 0 saturated heterocycles. The van der Waals surface area contributed by atoms with Crippen LogP contribution in [0.5, 0.6) is 5.75 Å². The van der Waals surface area contributed by atoms with E-state index in [0.717, 1.165) is 17.0 Å². The van der Waals surface area contributed by atoms with E-state index >= 15 is 0 Å². The van der Waals surface area contributed by atoms with Crippen molar-refractivity contribution in [2.45, 2.75) is 63.7 Å². The van der Waals surface area contributed by atoms with Gasteiger partial charge in [0.05, 0.1) is 11.1 Å². The third-order valence-electron chi connectivity index (χ3n) is 6.94. The molecule has 0 spiro atoms. The van der Waals surface area contributed by atoms with E-state index in [1.165, 1.54) is 68.4 Å². The van der Waals surface area contributed by atoms with E-state index in [-0.39, 0.29) is 0 Å². The molecule has 3 aromatic carbocycles. The molecule has 2 unspecified atom stereocenters. The van der Waals surface area contributed by atoms with Gasteiger partial charge in [-0.05, 0) is 72.1 Å². The van der Waals surface area contributed by atoms with Crippen LogP contribution in [0.15, 0.2) is 66.7 Å². The zero-order valence-corrected chi connectivity index (χ0v) is 19.9. The molecule has 1 aliphatic carbocycles. The number of hydrogen-bond acceptors (Lipinski definition) is 1. The maximum absolute atomic E-state index is 14.6. The van der Waals surface area contributed by atoms with Gasteiger partial charge in [-0.1, -0.05) is 62.6 Å². The van der Waals surface area contributed by atoms with Crippen molar-refractivity contribution in [1.82, 2.24) is 0 Å². The number of unbranched alkanes of at least 4 members (excludes halogenated alkanes) is 1. The number of benzene rings is 3. The van der Waals surface area contributed by atoms with Crippen LogP contribution in [0.1, 0.15) is 68.1 Å². The zero-order valence-electron chi connectivity index (χ0n) is 19.9. The molecule has 36 heavy (non-hydrogen) atoms. The van der Waals surface area contributed by atoms with E-state index in [9.17, 15) is 26.3 Å². The molecule has 2 atom stereocenters. The maximum Gasteiger partial charge on any atom is 0.426 e. The molecule has 1 fully saturated rings. The lowest BCUT2D eigenvalue weighted by atomic mass is 9.93. The van der Waals surface area contributed by atoms with Crippen LogP contribution in [0.25, 0.3) is 11.1 Å². The smallest absolute Gasteiger partial charge is 0.426 e. The number of rotatable bonds is 8. The minimum Gasteiger partial charge on any atom is -0.429 e. The molecule has 0 N–H and O–H groups in total. The van der Waals surface area contributed by atoms with Gasteiger partial charge < -0.3 is 4.74 Å². The van der Waals surface area contributed by atoms with Crippen molar-refractivity contribution in [3.8, 4) is 16.9 Å². The minimum absolute atomic E-state index is 0.309. The summed E-state index contributed by atoms with van der Waals surface area (Å²) in [6.45, 7) is 2.21. The third kappa shape index (κ3) is 6.05. The van der Waals surface area contributed by atoms with Crippen molar-refractivity contribution in [1.29, 1.82) is 0 Å². The molecule has 0 amide bonds. The summed E-state index contributed by atoms with van der Waals surface area (Å²) in [7, 11) is 0. The van der Waals surface area contributed by atoms with E-state index in [1.807, 2.05) is 12.1 Å². The second-order valence-corrected chi connectivity index (χ2v) is 9.48. The SMILES string of the molecule is CCCCC1CCC(c2ccc(-c3ccc(C(F)(F)Oc4ccc(C(F)(F)F)c(F)c4)cc3)cc2)C1. The standard InChI is InChI=1S/C29H28F6O/c1-2-3-4-19-5-6-23(17-19)22-9-7-20(8-10-22)21-11-13-24(14-12-21)29(34,35)36-25-15-16-26(27(30)18-25)28(31,32)33/h7-16,18-19,23H,2-6,17H2,1H3. The van der Waals surface area contributed by atoms with Crippen molar-refractivity contribution in [3.63, 3.8) is 0 Å². The van der Waals surface area contributed by atoms with Crippen LogP contribution in [-0.2, 0) is 12.3 Å². The fourth-order valence-electron chi connectivity index (χ4n) is 4.93. The third-order valence-corrected chi connectivity index (χ3v) is 6.94. The van der Waals surface area contributed by atoms with Gasteiger partial charge in [0.2, 0.25) is 0 Å². The molecular formula is C29H28F6O. The minimum atomic E-state index is -4.92. The Hall–Kier alpha value is -2.96. The first-order chi connectivity index (χ1) is 17.1. The van der Waals surface area contributed by atoms with Gasteiger partial charge in [-0.25, -0.2) is 4.39 Å². The van der Waals surface area contributed by atoms with Crippen molar-refractivity contribution in [3.05, 3.63) is 89.2 Å². The molecule has 1 aliphatic rings. The molecule has 0 radical (unpaired) electrons. The van der Waals surface area contributed by atoms with Gasteiger partial charge in [-0.15, -0.1) is 0 Å². The fraction of sp³-hybridized carbons (Fsp3) is 0.379. The predicted molar refractivity (Wildman–Crippen MR) is 127 cm³/mol. The summed E-state index contributed by atoms with van der Waals surface area (Å²) in [5, 5.41) is 0. The van der Waals surface area contributed by atoms with Crippen LogP contribution in [-0.4, -0.2) is 0 Å². The summed E-state index contributed by atoms with van der Waals surface area (Å²) in [5.41, 5.74) is 0.900. The number of alkyl halides is 5. The highest BCUT2D eigenvalue weighted by Gasteiger charge is 2.37. The fourth-order valence-corrected chi connectivity index (χ4v) is 4.93. The van der Waals surface area contributed by atoms with Crippen LogP contribution in [0.4, 0.5) is 26.3 Å². The summed E-state index contributed by atoms with van der Waals surface area (Å²) < 4.78 is 85.5. The number of halogens is 6. The van der Waals surface area contributed by atoms with Crippen LogP contribution >= 0.6 is 0 Å². The Morgan fingerprint density at radius 1 is 0.833 bits per heavy atom. The van der Waals surface area contributed by atoms with E-state index in [4.69, 9.17) is 0 Å². The second kappa shape index (κ2) is 10.6. The molecule has 7 heteroatoms.